The van der Waals surface area contributed by atoms with Gasteiger partial charge in [0.05, 0.1) is 0 Å². The van der Waals surface area contributed by atoms with Crippen molar-refractivity contribution in [3.8, 4) is 0 Å². The molecule has 0 amide bonds. The molecule has 0 aliphatic carbocycles. The van der Waals surface area contributed by atoms with Gasteiger partial charge in [0.1, 0.15) is 4.90 Å². The Morgan fingerprint density at radius 3 is 2.45 bits per heavy atom. The zero-order valence-electron chi connectivity index (χ0n) is 13.0. The standard InChI is InChI=1S/C14H27N3O2S/c1-5-8-16-12-14(10-13(16)11-15-4)20(18,19)17(7-3)9-6-2/h10,12,15H,5-9,11H2,1-4H3. The Morgan fingerprint density at radius 2 is 1.95 bits per heavy atom. The monoisotopic (exact) mass is 301 g/mol. The van der Waals surface area contributed by atoms with Gasteiger partial charge in [-0.05, 0) is 26.0 Å². The first-order chi connectivity index (χ1) is 9.51. The fourth-order valence-electron chi connectivity index (χ4n) is 2.29. The molecule has 0 spiro atoms. The summed E-state index contributed by atoms with van der Waals surface area (Å²) in [6, 6.07) is 1.79. The van der Waals surface area contributed by atoms with Crippen molar-refractivity contribution in [2.75, 3.05) is 20.1 Å². The van der Waals surface area contributed by atoms with E-state index in [1.165, 1.54) is 0 Å². The van der Waals surface area contributed by atoms with Crippen LogP contribution < -0.4 is 5.32 Å². The molecule has 1 aromatic rings. The van der Waals surface area contributed by atoms with Gasteiger partial charge in [-0.1, -0.05) is 20.8 Å². The molecule has 1 rings (SSSR count). The maximum absolute atomic E-state index is 12.6. The van der Waals surface area contributed by atoms with Crippen molar-refractivity contribution in [2.45, 2.75) is 51.6 Å². The van der Waals surface area contributed by atoms with E-state index in [1.54, 1.807) is 16.6 Å². The van der Waals surface area contributed by atoms with Gasteiger partial charge in [0.15, 0.2) is 0 Å². The van der Waals surface area contributed by atoms with E-state index in [9.17, 15) is 8.42 Å². The number of aromatic nitrogens is 1. The van der Waals surface area contributed by atoms with Gasteiger partial charge in [-0.2, -0.15) is 4.31 Å². The van der Waals surface area contributed by atoms with Gasteiger partial charge in [0, 0.05) is 38.1 Å². The first-order valence-corrected chi connectivity index (χ1v) is 8.79. The van der Waals surface area contributed by atoms with E-state index in [-0.39, 0.29) is 0 Å². The molecule has 0 saturated heterocycles. The van der Waals surface area contributed by atoms with E-state index < -0.39 is 10.0 Å². The van der Waals surface area contributed by atoms with Crippen molar-refractivity contribution in [3.63, 3.8) is 0 Å². The van der Waals surface area contributed by atoms with Crippen molar-refractivity contribution in [2.24, 2.45) is 0 Å². The first-order valence-electron chi connectivity index (χ1n) is 7.34. The molecule has 116 valence electrons. The third kappa shape index (κ3) is 3.84. The van der Waals surface area contributed by atoms with Crippen LogP contribution in [0.4, 0.5) is 0 Å². The molecular formula is C14H27N3O2S. The smallest absolute Gasteiger partial charge is 0.244 e. The third-order valence-corrected chi connectivity index (χ3v) is 5.19. The molecule has 5 nitrogen and oxygen atoms in total. The Bertz CT molecular complexity index is 485. The van der Waals surface area contributed by atoms with Crippen LogP contribution in [0.5, 0.6) is 0 Å². The van der Waals surface area contributed by atoms with Crippen LogP contribution in [0.2, 0.25) is 0 Å². The topological polar surface area (TPSA) is 54.3 Å². The zero-order valence-corrected chi connectivity index (χ0v) is 13.8. The van der Waals surface area contributed by atoms with E-state index in [0.717, 1.165) is 25.1 Å². The number of sulfonamides is 1. The number of aryl methyl sites for hydroxylation is 1. The second-order valence-electron chi connectivity index (χ2n) is 4.89. The molecule has 0 aliphatic heterocycles. The van der Waals surface area contributed by atoms with Gasteiger partial charge >= 0.3 is 0 Å². The average Bonchev–Trinajstić information content (AvgIpc) is 2.81. The number of rotatable bonds is 9. The van der Waals surface area contributed by atoms with E-state index in [2.05, 4.69) is 12.2 Å². The second-order valence-corrected chi connectivity index (χ2v) is 6.83. The Morgan fingerprint density at radius 1 is 1.25 bits per heavy atom. The van der Waals surface area contributed by atoms with Gasteiger partial charge in [0.25, 0.3) is 0 Å². The van der Waals surface area contributed by atoms with Gasteiger partial charge < -0.3 is 9.88 Å². The molecule has 0 radical (unpaired) electrons. The summed E-state index contributed by atoms with van der Waals surface area (Å²) >= 11 is 0. The average molecular weight is 301 g/mol. The van der Waals surface area contributed by atoms with Gasteiger partial charge in [-0.15, -0.1) is 0 Å². The lowest BCUT2D eigenvalue weighted by Crippen LogP contribution is -2.31. The highest BCUT2D eigenvalue weighted by Gasteiger charge is 2.24. The molecule has 1 N–H and O–H groups in total. The summed E-state index contributed by atoms with van der Waals surface area (Å²) in [4.78, 5) is 0.409. The fraction of sp³-hybridized carbons (Fsp3) is 0.714. The molecule has 0 bridgehead atoms. The Hall–Kier alpha value is -0.850. The Labute approximate surface area is 123 Å². The van der Waals surface area contributed by atoms with Crippen molar-refractivity contribution in [1.29, 1.82) is 0 Å². The Kier molecular flexibility index (Phi) is 6.71. The summed E-state index contributed by atoms with van der Waals surface area (Å²) < 4.78 is 28.8. The highest BCUT2D eigenvalue weighted by Crippen LogP contribution is 2.20. The molecule has 0 fully saturated rings. The summed E-state index contributed by atoms with van der Waals surface area (Å²) in [5.74, 6) is 0. The predicted molar refractivity (Wildman–Crippen MR) is 82.2 cm³/mol. The molecular weight excluding hydrogens is 274 g/mol. The van der Waals surface area contributed by atoms with Crippen molar-refractivity contribution >= 4 is 10.0 Å². The number of hydrogen-bond acceptors (Lipinski definition) is 3. The van der Waals surface area contributed by atoms with Crippen LogP contribution in [0.1, 0.15) is 39.3 Å². The number of nitrogens with zero attached hydrogens (tertiary/aromatic N) is 2. The fourth-order valence-corrected chi connectivity index (χ4v) is 3.90. The second kappa shape index (κ2) is 7.81. The van der Waals surface area contributed by atoms with Crippen LogP contribution in [0.3, 0.4) is 0 Å². The van der Waals surface area contributed by atoms with Gasteiger partial charge in [0.2, 0.25) is 10.0 Å². The van der Waals surface area contributed by atoms with Crippen molar-refractivity contribution < 1.29 is 8.42 Å². The first kappa shape index (κ1) is 17.2. The highest BCUT2D eigenvalue weighted by molar-refractivity contribution is 7.89. The molecule has 0 saturated carbocycles. The summed E-state index contributed by atoms with van der Waals surface area (Å²) in [6.07, 6.45) is 3.58. The quantitative estimate of drug-likeness (QED) is 0.759. The third-order valence-electron chi connectivity index (χ3n) is 3.25. The van der Waals surface area contributed by atoms with Crippen LogP contribution >= 0.6 is 0 Å². The molecule has 1 heterocycles. The summed E-state index contributed by atoms with van der Waals surface area (Å²) in [5.41, 5.74) is 1.01. The van der Waals surface area contributed by atoms with Gasteiger partial charge in [-0.25, -0.2) is 8.42 Å². The van der Waals surface area contributed by atoms with Crippen LogP contribution in [0.15, 0.2) is 17.2 Å². The lowest BCUT2D eigenvalue weighted by Gasteiger charge is -2.18. The maximum atomic E-state index is 12.6. The molecule has 20 heavy (non-hydrogen) atoms. The molecule has 0 unspecified atom stereocenters. The zero-order chi connectivity index (χ0) is 15.2. The molecule has 1 aromatic heterocycles. The largest absolute Gasteiger partial charge is 0.349 e. The van der Waals surface area contributed by atoms with Crippen LogP contribution in [0, 0.1) is 0 Å². The Balaban J connectivity index is 3.14. The SMILES string of the molecule is CCCN(CC)S(=O)(=O)c1cc(CNC)n(CCC)c1. The molecule has 6 heteroatoms. The van der Waals surface area contributed by atoms with Gasteiger partial charge in [-0.3, -0.25) is 0 Å². The predicted octanol–water partition coefficient (Wildman–Crippen LogP) is 2.04. The number of hydrogen-bond donors (Lipinski definition) is 1. The number of nitrogens with one attached hydrogen (secondary N) is 1. The normalized spacial score (nSPS) is 12.2. The lowest BCUT2D eigenvalue weighted by molar-refractivity contribution is 0.427. The maximum Gasteiger partial charge on any atom is 0.244 e. The van der Waals surface area contributed by atoms with Crippen molar-refractivity contribution in [1.82, 2.24) is 14.2 Å². The van der Waals surface area contributed by atoms with Crippen molar-refractivity contribution in [3.05, 3.63) is 18.0 Å². The molecule has 0 aromatic carbocycles. The highest BCUT2D eigenvalue weighted by atomic mass is 32.2. The minimum atomic E-state index is -3.37. The molecule has 0 atom stereocenters. The summed E-state index contributed by atoms with van der Waals surface area (Å²) in [6.45, 7) is 8.56. The van der Waals surface area contributed by atoms with E-state index >= 15 is 0 Å². The van der Waals surface area contributed by atoms with Crippen LogP contribution in [0.25, 0.3) is 0 Å². The van der Waals surface area contributed by atoms with Crippen LogP contribution in [-0.2, 0) is 23.1 Å². The minimum Gasteiger partial charge on any atom is -0.349 e. The van der Waals surface area contributed by atoms with E-state index in [1.807, 2.05) is 25.5 Å². The van der Waals surface area contributed by atoms with E-state index in [4.69, 9.17) is 0 Å². The minimum absolute atomic E-state index is 0.409. The summed E-state index contributed by atoms with van der Waals surface area (Å²) in [7, 11) is -1.50. The van der Waals surface area contributed by atoms with Crippen LogP contribution in [-0.4, -0.2) is 37.4 Å². The lowest BCUT2D eigenvalue weighted by atomic mass is 10.4. The molecule has 0 aliphatic rings. The van der Waals surface area contributed by atoms with E-state index in [0.29, 0.717) is 24.5 Å². The summed E-state index contributed by atoms with van der Waals surface area (Å²) in [5, 5.41) is 3.09.